The Hall–Kier alpha value is -3.81. The molecule has 0 radical (unpaired) electrons. The van der Waals surface area contributed by atoms with E-state index in [2.05, 4.69) is 20.4 Å². The fraction of sp³-hybridized carbons (Fsp3) is 0.261. The highest BCUT2D eigenvalue weighted by Crippen LogP contribution is 2.32. The molecule has 0 unspecified atom stereocenters. The predicted octanol–water partition coefficient (Wildman–Crippen LogP) is 4.68. The van der Waals surface area contributed by atoms with Gasteiger partial charge in [-0.25, -0.2) is 9.97 Å². The topological polar surface area (TPSA) is 95.4 Å². The zero-order chi connectivity index (χ0) is 21.8. The van der Waals surface area contributed by atoms with Gasteiger partial charge in [0.25, 0.3) is 0 Å². The minimum Gasteiger partial charge on any atom is -0.493 e. The Morgan fingerprint density at radius 2 is 1.81 bits per heavy atom. The van der Waals surface area contributed by atoms with Crippen LogP contribution in [0.25, 0.3) is 22.8 Å². The van der Waals surface area contributed by atoms with Crippen LogP contribution in [-0.2, 0) is 6.42 Å². The molecule has 1 N–H and O–H groups in total. The first-order valence-corrected chi connectivity index (χ1v) is 9.89. The quantitative estimate of drug-likeness (QED) is 0.439. The van der Waals surface area contributed by atoms with Gasteiger partial charge in [0.05, 0.1) is 25.5 Å². The van der Waals surface area contributed by atoms with Gasteiger partial charge in [0.2, 0.25) is 5.95 Å². The van der Waals surface area contributed by atoms with Crippen molar-refractivity contribution in [2.24, 2.45) is 0 Å². The molecule has 0 aliphatic carbocycles. The number of hydrogen-bond donors (Lipinski definition) is 1. The molecule has 0 atom stereocenters. The minimum absolute atomic E-state index is 0.504. The van der Waals surface area contributed by atoms with Crippen LogP contribution in [0.4, 0.5) is 5.95 Å². The van der Waals surface area contributed by atoms with Crippen molar-refractivity contribution >= 4 is 5.95 Å². The maximum absolute atomic E-state index is 5.81. The van der Waals surface area contributed by atoms with Crippen LogP contribution in [-0.4, -0.2) is 35.9 Å². The fourth-order valence-electron chi connectivity index (χ4n) is 3.24. The largest absolute Gasteiger partial charge is 0.493 e. The second-order valence-electron chi connectivity index (χ2n) is 7.06. The van der Waals surface area contributed by atoms with Crippen LogP contribution in [0.3, 0.4) is 0 Å². The molecule has 3 aromatic heterocycles. The number of aryl methyl sites for hydroxylation is 2. The average molecular weight is 420 g/mol. The van der Waals surface area contributed by atoms with Crippen LogP contribution in [0.2, 0.25) is 0 Å². The van der Waals surface area contributed by atoms with E-state index in [0.717, 1.165) is 29.0 Å². The summed E-state index contributed by atoms with van der Waals surface area (Å²) in [7, 11) is 3.25. The van der Waals surface area contributed by atoms with E-state index in [0.29, 0.717) is 41.2 Å². The van der Waals surface area contributed by atoms with Crippen molar-refractivity contribution in [2.45, 2.75) is 20.3 Å². The van der Waals surface area contributed by atoms with Gasteiger partial charge in [-0.1, -0.05) is 11.2 Å². The van der Waals surface area contributed by atoms with E-state index in [1.54, 1.807) is 20.4 Å². The molecule has 160 valence electrons. The summed E-state index contributed by atoms with van der Waals surface area (Å²) in [5.74, 6) is 3.96. The summed E-state index contributed by atoms with van der Waals surface area (Å²) in [4.78, 5) is 9.14. The van der Waals surface area contributed by atoms with Gasteiger partial charge < -0.3 is 23.7 Å². The maximum atomic E-state index is 5.81. The number of anilines is 1. The molecule has 3 heterocycles. The van der Waals surface area contributed by atoms with E-state index in [1.165, 1.54) is 0 Å². The number of aromatic nitrogens is 3. The molecule has 8 heteroatoms. The molecule has 0 saturated heterocycles. The molecular formula is C23H24N4O4. The van der Waals surface area contributed by atoms with Crippen molar-refractivity contribution in [3.63, 3.8) is 0 Å². The van der Waals surface area contributed by atoms with E-state index in [9.17, 15) is 0 Å². The second-order valence-corrected chi connectivity index (χ2v) is 7.06. The van der Waals surface area contributed by atoms with Gasteiger partial charge in [-0.3, -0.25) is 0 Å². The van der Waals surface area contributed by atoms with Gasteiger partial charge in [-0.2, -0.15) is 0 Å². The minimum atomic E-state index is 0.504. The summed E-state index contributed by atoms with van der Waals surface area (Å²) >= 11 is 0. The number of ether oxygens (including phenoxy) is 2. The zero-order valence-electron chi connectivity index (χ0n) is 17.9. The molecule has 0 aliphatic heterocycles. The first-order chi connectivity index (χ1) is 15.1. The number of benzene rings is 1. The van der Waals surface area contributed by atoms with Crippen LogP contribution >= 0.6 is 0 Å². The van der Waals surface area contributed by atoms with Crippen molar-refractivity contribution in [1.29, 1.82) is 0 Å². The van der Waals surface area contributed by atoms with Gasteiger partial charge in [-0.15, -0.1) is 0 Å². The fourth-order valence-corrected chi connectivity index (χ4v) is 3.24. The van der Waals surface area contributed by atoms with Crippen LogP contribution in [0.5, 0.6) is 11.5 Å². The predicted molar refractivity (Wildman–Crippen MR) is 116 cm³/mol. The van der Waals surface area contributed by atoms with Crippen LogP contribution in [0, 0.1) is 13.8 Å². The van der Waals surface area contributed by atoms with Crippen molar-refractivity contribution in [1.82, 2.24) is 15.1 Å². The van der Waals surface area contributed by atoms with Gasteiger partial charge >= 0.3 is 0 Å². The number of furan rings is 1. The molecule has 4 aromatic rings. The molecule has 0 aliphatic rings. The summed E-state index contributed by atoms with van der Waals surface area (Å²) in [6.45, 7) is 4.41. The SMILES string of the molecule is COc1ccc(CCNc2ncc(-c3cc(C)no3)c(-c3ccc(C)o3)n2)cc1OC. The Bertz CT molecular complexity index is 1180. The second kappa shape index (κ2) is 8.91. The van der Waals surface area contributed by atoms with E-state index in [4.69, 9.17) is 18.4 Å². The first-order valence-electron chi connectivity index (χ1n) is 9.89. The van der Waals surface area contributed by atoms with Gasteiger partial charge in [0.15, 0.2) is 23.0 Å². The van der Waals surface area contributed by atoms with Gasteiger partial charge in [-0.05, 0) is 50.1 Å². The molecular weight excluding hydrogens is 396 g/mol. The highest BCUT2D eigenvalue weighted by molar-refractivity contribution is 5.76. The Morgan fingerprint density at radius 3 is 2.48 bits per heavy atom. The standard InChI is InChI=1S/C23H24N4O4/c1-14-11-20(31-27-14)17-13-25-23(26-22(17)19-7-5-15(2)30-19)24-10-9-16-6-8-18(28-3)21(12-16)29-4/h5-8,11-13H,9-10H2,1-4H3,(H,24,25,26). The zero-order valence-corrected chi connectivity index (χ0v) is 17.9. The van der Waals surface area contributed by atoms with E-state index in [-0.39, 0.29) is 0 Å². The third kappa shape index (κ3) is 4.53. The molecule has 8 nitrogen and oxygen atoms in total. The lowest BCUT2D eigenvalue weighted by Crippen LogP contribution is -2.09. The van der Waals surface area contributed by atoms with Gasteiger partial charge in [0.1, 0.15) is 11.5 Å². The van der Waals surface area contributed by atoms with E-state index < -0.39 is 0 Å². The Morgan fingerprint density at radius 1 is 0.968 bits per heavy atom. The van der Waals surface area contributed by atoms with Gasteiger partial charge in [0, 0.05) is 18.8 Å². The highest BCUT2D eigenvalue weighted by Gasteiger charge is 2.17. The van der Waals surface area contributed by atoms with Crippen LogP contribution in [0.15, 0.2) is 51.5 Å². The van der Waals surface area contributed by atoms with Crippen LogP contribution < -0.4 is 14.8 Å². The molecule has 0 saturated carbocycles. The lowest BCUT2D eigenvalue weighted by atomic mass is 10.1. The van der Waals surface area contributed by atoms with Crippen molar-refractivity contribution < 1.29 is 18.4 Å². The Balaban J connectivity index is 1.54. The summed E-state index contributed by atoms with van der Waals surface area (Å²) in [5.41, 5.74) is 3.27. The number of nitrogens with one attached hydrogen (secondary N) is 1. The molecule has 0 amide bonds. The normalized spacial score (nSPS) is 10.8. The molecule has 4 rings (SSSR count). The van der Waals surface area contributed by atoms with Crippen LogP contribution in [0.1, 0.15) is 17.0 Å². The van der Waals surface area contributed by atoms with Crippen molar-refractivity contribution in [2.75, 3.05) is 26.1 Å². The summed E-state index contributed by atoms with van der Waals surface area (Å²) in [6, 6.07) is 11.5. The number of hydrogen-bond acceptors (Lipinski definition) is 8. The van der Waals surface area contributed by atoms with E-state index in [1.807, 2.05) is 50.2 Å². The van der Waals surface area contributed by atoms with Crippen molar-refractivity contribution in [3.05, 3.63) is 59.6 Å². The number of nitrogens with zero attached hydrogens (tertiary/aromatic N) is 3. The summed E-state index contributed by atoms with van der Waals surface area (Å²) in [6.07, 6.45) is 2.49. The van der Waals surface area contributed by atoms with Crippen molar-refractivity contribution in [3.8, 4) is 34.3 Å². The number of methoxy groups -OCH3 is 2. The molecule has 0 spiro atoms. The third-order valence-corrected chi connectivity index (χ3v) is 4.80. The summed E-state index contributed by atoms with van der Waals surface area (Å²) in [5, 5.41) is 7.25. The molecule has 0 fully saturated rings. The summed E-state index contributed by atoms with van der Waals surface area (Å²) < 4.78 is 21.9. The highest BCUT2D eigenvalue weighted by atomic mass is 16.5. The number of rotatable bonds is 8. The monoisotopic (exact) mass is 420 g/mol. The lowest BCUT2D eigenvalue weighted by Gasteiger charge is -2.11. The van der Waals surface area contributed by atoms with E-state index >= 15 is 0 Å². The lowest BCUT2D eigenvalue weighted by molar-refractivity contribution is 0.354. The third-order valence-electron chi connectivity index (χ3n) is 4.80. The smallest absolute Gasteiger partial charge is 0.223 e. The average Bonchev–Trinajstić information content (AvgIpc) is 3.41. The Labute approximate surface area is 180 Å². The molecule has 31 heavy (non-hydrogen) atoms. The maximum Gasteiger partial charge on any atom is 0.223 e. The molecule has 1 aromatic carbocycles. The Kier molecular flexibility index (Phi) is 5.88. The first kappa shape index (κ1) is 20.5. The molecule has 0 bridgehead atoms.